The fourth-order valence-electron chi connectivity index (χ4n) is 9.24. The van der Waals surface area contributed by atoms with Crippen molar-refractivity contribution in [3.8, 4) is 0 Å². The van der Waals surface area contributed by atoms with E-state index >= 15 is 0 Å². The molecular weight excluding hydrogens is 364 g/mol. The van der Waals surface area contributed by atoms with Crippen molar-refractivity contribution in [1.29, 1.82) is 0 Å². The van der Waals surface area contributed by atoms with Crippen LogP contribution >= 0.6 is 0 Å². The van der Waals surface area contributed by atoms with Crippen LogP contribution in [0.15, 0.2) is 11.6 Å². The molecule has 4 aliphatic rings. The Labute approximate surface area is 187 Å². The Bertz CT molecular complexity index is 622. The summed E-state index contributed by atoms with van der Waals surface area (Å²) in [5, 5.41) is 9.62. The van der Waals surface area contributed by atoms with E-state index in [-0.39, 0.29) is 0 Å². The van der Waals surface area contributed by atoms with Crippen molar-refractivity contribution in [1.82, 2.24) is 0 Å². The van der Waals surface area contributed by atoms with Gasteiger partial charge in [0.1, 0.15) is 0 Å². The van der Waals surface area contributed by atoms with Crippen molar-refractivity contribution in [2.24, 2.45) is 52.3 Å². The quantitative estimate of drug-likeness (QED) is 0.418. The molecule has 0 bridgehead atoms. The minimum atomic E-state index is 0.353. The first-order chi connectivity index (χ1) is 14.3. The molecule has 172 valence electrons. The Balaban J connectivity index is 1.46. The third-order valence-electron chi connectivity index (χ3n) is 11.4. The maximum absolute atomic E-state index is 9.62. The molecule has 4 rings (SSSR count). The second-order valence-corrected chi connectivity index (χ2v) is 12.6. The van der Waals surface area contributed by atoms with E-state index in [4.69, 9.17) is 0 Å². The van der Waals surface area contributed by atoms with E-state index in [0.717, 1.165) is 29.6 Å². The smallest absolute Gasteiger partial charge is 0.0459 e. The SMILES string of the molecule is CCC(CCC(C)[C@H]1CC[C@H]2C3=CCC4CCCC[C@]4(C)[C@H]3CC[C@]12C)C(C)CO. The summed E-state index contributed by atoms with van der Waals surface area (Å²) in [6, 6.07) is 0. The van der Waals surface area contributed by atoms with Gasteiger partial charge in [0.2, 0.25) is 0 Å². The van der Waals surface area contributed by atoms with Crippen LogP contribution in [0.4, 0.5) is 0 Å². The van der Waals surface area contributed by atoms with E-state index in [1.165, 1.54) is 77.0 Å². The number of rotatable bonds is 7. The fourth-order valence-corrected chi connectivity index (χ4v) is 9.24. The van der Waals surface area contributed by atoms with Crippen molar-refractivity contribution in [3.63, 3.8) is 0 Å². The van der Waals surface area contributed by atoms with Crippen LogP contribution in [0.2, 0.25) is 0 Å². The van der Waals surface area contributed by atoms with Gasteiger partial charge in [-0.15, -0.1) is 0 Å². The Morgan fingerprint density at radius 1 is 0.967 bits per heavy atom. The lowest BCUT2D eigenvalue weighted by Gasteiger charge is -2.57. The first kappa shape index (κ1) is 22.9. The normalized spacial score (nSPS) is 43.7. The molecule has 0 radical (unpaired) electrons. The van der Waals surface area contributed by atoms with Gasteiger partial charge >= 0.3 is 0 Å². The van der Waals surface area contributed by atoms with E-state index < -0.39 is 0 Å². The van der Waals surface area contributed by atoms with Crippen molar-refractivity contribution in [2.75, 3.05) is 6.61 Å². The molecule has 1 nitrogen and oxygen atoms in total. The zero-order valence-electron chi connectivity index (χ0n) is 20.8. The van der Waals surface area contributed by atoms with Crippen LogP contribution in [-0.4, -0.2) is 11.7 Å². The van der Waals surface area contributed by atoms with E-state index in [1.54, 1.807) is 0 Å². The average molecular weight is 415 g/mol. The Morgan fingerprint density at radius 3 is 2.47 bits per heavy atom. The number of fused-ring (bicyclic) bond motifs is 5. The summed E-state index contributed by atoms with van der Waals surface area (Å²) in [5.41, 5.74) is 3.09. The molecule has 0 heterocycles. The molecular formula is C29H50O. The first-order valence-corrected chi connectivity index (χ1v) is 13.7. The average Bonchev–Trinajstić information content (AvgIpc) is 3.10. The zero-order chi connectivity index (χ0) is 21.5. The lowest BCUT2D eigenvalue weighted by atomic mass is 9.48. The largest absolute Gasteiger partial charge is 0.396 e. The topological polar surface area (TPSA) is 20.2 Å². The van der Waals surface area contributed by atoms with Gasteiger partial charge < -0.3 is 5.11 Å². The van der Waals surface area contributed by atoms with E-state index in [9.17, 15) is 5.11 Å². The molecule has 0 spiro atoms. The predicted octanol–water partition coefficient (Wildman–Crippen LogP) is 8.03. The number of hydrogen-bond donors (Lipinski definition) is 1. The summed E-state index contributed by atoms with van der Waals surface area (Å²) in [4.78, 5) is 0. The van der Waals surface area contributed by atoms with Crippen molar-refractivity contribution in [3.05, 3.63) is 11.6 Å². The lowest BCUT2D eigenvalue weighted by molar-refractivity contribution is -0.00843. The Kier molecular flexibility index (Phi) is 6.80. The van der Waals surface area contributed by atoms with Crippen LogP contribution in [-0.2, 0) is 0 Å². The minimum absolute atomic E-state index is 0.353. The van der Waals surface area contributed by atoms with Gasteiger partial charge in [0.25, 0.3) is 0 Å². The van der Waals surface area contributed by atoms with Gasteiger partial charge in [-0.25, -0.2) is 0 Å². The number of aliphatic hydroxyl groups excluding tert-OH is 1. The third-order valence-corrected chi connectivity index (χ3v) is 11.4. The Hall–Kier alpha value is -0.300. The summed E-state index contributed by atoms with van der Waals surface area (Å²) < 4.78 is 0. The van der Waals surface area contributed by atoms with Crippen LogP contribution in [0.25, 0.3) is 0 Å². The summed E-state index contributed by atoms with van der Waals surface area (Å²) in [7, 11) is 0. The molecule has 0 aromatic carbocycles. The summed E-state index contributed by atoms with van der Waals surface area (Å²) in [6.07, 6.45) is 19.8. The molecule has 0 aliphatic heterocycles. The fraction of sp³-hybridized carbons (Fsp3) is 0.931. The van der Waals surface area contributed by atoms with Gasteiger partial charge in [-0.2, -0.15) is 0 Å². The molecule has 4 aliphatic carbocycles. The van der Waals surface area contributed by atoms with Gasteiger partial charge in [0, 0.05) is 6.61 Å². The highest BCUT2D eigenvalue weighted by Crippen LogP contribution is 2.67. The molecule has 0 aromatic rings. The van der Waals surface area contributed by atoms with Gasteiger partial charge in [0.15, 0.2) is 0 Å². The molecule has 0 aromatic heterocycles. The standard InChI is InChI=1S/C29H50O/c1-6-22(21(3)19-30)11-10-20(2)25-14-15-26-24-13-12-23-9-7-8-17-28(23,4)27(24)16-18-29(25,26)5/h13,20-23,25-27,30H,6-12,14-19H2,1-5H3/t20?,21?,22?,23?,25-,26+,27+,28+,29-/m1/s1. The van der Waals surface area contributed by atoms with Crippen LogP contribution < -0.4 is 0 Å². The highest BCUT2D eigenvalue weighted by Gasteiger charge is 2.57. The molecule has 3 fully saturated rings. The maximum atomic E-state index is 9.62. The van der Waals surface area contributed by atoms with Crippen molar-refractivity contribution < 1.29 is 5.11 Å². The molecule has 4 unspecified atom stereocenters. The molecule has 1 heteroatoms. The summed E-state index contributed by atoms with van der Waals surface area (Å²) in [5.74, 6) is 5.64. The van der Waals surface area contributed by atoms with Gasteiger partial charge in [-0.1, -0.05) is 72.0 Å². The van der Waals surface area contributed by atoms with E-state index in [0.29, 0.717) is 29.3 Å². The second-order valence-electron chi connectivity index (χ2n) is 12.6. The zero-order valence-corrected chi connectivity index (χ0v) is 20.8. The number of hydrogen-bond acceptors (Lipinski definition) is 1. The Morgan fingerprint density at radius 2 is 1.73 bits per heavy atom. The second kappa shape index (κ2) is 8.92. The highest BCUT2D eigenvalue weighted by atomic mass is 16.3. The highest BCUT2D eigenvalue weighted by molar-refractivity contribution is 5.27. The van der Waals surface area contributed by atoms with E-state index in [2.05, 4.69) is 40.7 Å². The summed E-state index contributed by atoms with van der Waals surface area (Å²) >= 11 is 0. The number of allylic oxidation sites excluding steroid dienone is 2. The van der Waals surface area contributed by atoms with Gasteiger partial charge in [-0.3, -0.25) is 0 Å². The lowest BCUT2D eigenvalue weighted by Crippen LogP contribution is -2.48. The summed E-state index contributed by atoms with van der Waals surface area (Å²) in [6.45, 7) is 12.8. The molecule has 0 amide bonds. The monoisotopic (exact) mass is 414 g/mol. The minimum Gasteiger partial charge on any atom is -0.396 e. The first-order valence-electron chi connectivity index (χ1n) is 13.7. The number of aliphatic hydroxyl groups is 1. The van der Waals surface area contributed by atoms with Crippen molar-refractivity contribution >= 4 is 0 Å². The molecule has 0 saturated heterocycles. The van der Waals surface area contributed by atoms with Crippen molar-refractivity contribution in [2.45, 2.75) is 112 Å². The van der Waals surface area contributed by atoms with Gasteiger partial charge in [0.05, 0.1) is 0 Å². The molecule has 1 N–H and O–H groups in total. The maximum Gasteiger partial charge on any atom is 0.0459 e. The molecule has 9 atom stereocenters. The van der Waals surface area contributed by atoms with E-state index in [1.807, 2.05) is 5.57 Å². The van der Waals surface area contributed by atoms with Crippen LogP contribution in [0.3, 0.4) is 0 Å². The van der Waals surface area contributed by atoms with Gasteiger partial charge in [-0.05, 0) is 104 Å². The molecule has 3 saturated carbocycles. The van der Waals surface area contributed by atoms with Crippen LogP contribution in [0.5, 0.6) is 0 Å². The van der Waals surface area contributed by atoms with Crippen LogP contribution in [0, 0.1) is 52.3 Å². The van der Waals surface area contributed by atoms with Crippen LogP contribution in [0.1, 0.15) is 112 Å². The molecule has 30 heavy (non-hydrogen) atoms. The predicted molar refractivity (Wildman–Crippen MR) is 128 cm³/mol. The third kappa shape index (κ3) is 3.74.